The van der Waals surface area contributed by atoms with E-state index in [2.05, 4.69) is 86.8 Å². The summed E-state index contributed by atoms with van der Waals surface area (Å²) in [6, 6.07) is 0. The van der Waals surface area contributed by atoms with E-state index in [4.69, 9.17) is 18.5 Å². The lowest BCUT2D eigenvalue weighted by molar-refractivity contribution is -0.870. The zero-order valence-electron chi connectivity index (χ0n) is 41.7. The van der Waals surface area contributed by atoms with Gasteiger partial charge in [0.25, 0.3) is 7.82 Å². The van der Waals surface area contributed by atoms with Crippen LogP contribution < -0.4 is 4.89 Å². The number of esters is 2. The Bertz CT molecular complexity index is 1310. The van der Waals surface area contributed by atoms with E-state index < -0.39 is 32.5 Å². The van der Waals surface area contributed by atoms with Crippen LogP contribution in [-0.2, 0) is 32.7 Å². The molecule has 0 saturated carbocycles. The number of carbonyl (C=O) groups excluding carboxylic acids is 2. The standard InChI is InChI=1S/C54H96NO8P/c1-6-8-10-12-14-16-18-20-22-24-26-27-29-30-32-34-36-38-40-42-44-46-53(56)60-50-52(51-62-64(58,59)61-49-48-55(3,4)5)63-54(57)47-45-43-41-39-37-35-33-31-28-25-23-21-19-17-15-13-11-9-7-2/h9,11,15,17,20-23,28,31,35,37,52H,6-8,10,12-14,16,18-19,24-27,29-30,32-34,36,38-51H2,1-5H3/b11-9+,17-15+,22-20+,23-21+,31-28+,37-35+/t52-/m1/s1. The smallest absolute Gasteiger partial charge is 0.306 e. The maximum atomic E-state index is 12.7. The number of likely N-dealkylation sites (N-methyl/N-ethyl adjacent to an activating group) is 1. The Hall–Kier alpha value is -2.55. The van der Waals surface area contributed by atoms with Crippen LogP contribution in [0.3, 0.4) is 0 Å². The SMILES string of the molecule is CC/C=C/C/C=C/C/C=C/C/C=C/C/C=C/CCCCCC(=O)O[C@H](COC(=O)CCCCCCCCCCCCC/C=C/CCCCCCCC)COP(=O)([O-])OCC[N+](C)(C)C. The van der Waals surface area contributed by atoms with Gasteiger partial charge in [-0.15, -0.1) is 0 Å². The van der Waals surface area contributed by atoms with Gasteiger partial charge in [-0.1, -0.05) is 183 Å². The molecule has 9 nitrogen and oxygen atoms in total. The molecule has 0 rings (SSSR count). The first-order valence-electron chi connectivity index (χ1n) is 25.6. The Labute approximate surface area is 393 Å². The number of rotatable bonds is 46. The van der Waals surface area contributed by atoms with Crippen LogP contribution in [-0.4, -0.2) is 70.0 Å². The lowest BCUT2D eigenvalue weighted by atomic mass is 10.0. The van der Waals surface area contributed by atoms with Crippen molar-refractivity contribution in [1.29, 1.82) is 0 Å². The van der Waals surface area contributed by atoms with Crippen molar-refractivity contribution >= 4 is 19.8 Å². The highest BCUT2D eigenvalue weighted by Gasteiger charge is 2.21. The molecule has 1 unspecified atom stereocenters. The summed E-state index contributed by atoms with van der Waals surface area (Å²) in [5.74, 6) is -0.873. The Morgan fingerprint density at radius 1 is 0.500 bits per heavy atom. The number of allylic oxidation sites excluding steroid dienone is 12. The largest absolute Gasteiger partial charge is 0.756 e. The van der Waals surface area contributed by atoms with Gasteiger partial charge in [0.05, 0.1) is 27.7 Å². The summed E-state index contributed by atoms with van der Waals surface area (Å²) in [6.07, 6.45) is 57.9. The van der Waals surface area contributed by atoms with Crippen molar-refractivity contribution in [3.05, 3.63) is 72.9 Å². The van der Waals surface area contributed by atoms with Crippen molar-refractivity contribution in [2.24, 2.45) is 0 Å². The maximum absolute atomic E-state index is 12.7. The van der Waals surface area contributed by atoms with Gasteiger partial charge < -0.3 is 27.9 Å². The molecule has 0 aromatic heterocycles. The first kappa shape index (κ1) is 61.5. The fourth-order valence-electron chi connectivity index (χ4n) is 6.73. The van der Waals surface area contributed by atoms with Crippen LogP contribution in [0.25, 0.3) is 0 Å². The monoisotopic (exact) mass is 918 g/mol. The van der Waals surface area contributed by atoms with Gasteiger partial charge in [-0.05, 0) is 83.5 Å². The fraction of sp³-hybridized carbons (Fsp3) is 0.741. The van der Waals surface area contributed by atoms with Crippen LogP contribution in [0.2, 0.25) is 0 Å². The van der Waals surface area contributed by atoms with Crippen LogP contribution in [0.5, 0.6) is 0 Å². The molecule has 0 spiro atoms. The zero-order valence-corrected chi connectivity index (χ0v) is 42.6. The Kier molecular flexibility index (Phi) is 43.8. The molecule has 0 N–H and O–H groups in total. The number of hydrogen-bond donors (Lipinski definition) is 0. The summed E-state index contributed by atoms with van der Waals surface area (Å²) in [6.45, 7) is 4.08. The minimum Gasteiger partial charge on any atom is -0.756 e. The quantitative estimate of drug-likeness (QED) is 0.0195. The second kappa shape index (κ2) is 45.6. The van der Waals surface area contributed by atoms with Crippen LogP contribution in [0.1, 0.15) is 206 Å². The van der Waals surface area contributed by atoms with Crippen molar-refractivity contribution in [3.8, 4) is 0 Å². The molecule has 0 saturated heterocycles. The first-order chi connectivity index (χ1) is 31.0. The number of carbonyl (C=O) groups is 2. The van der Waals surface area contributed by atoms with Gasteiger partial charge in [0.1, 0.15) is 19.8 Å². The molecular formula is C54H96NO8P. The molecule has 0 amide bonds. The number of hydrogen-bond acceptors (Lipinski definition) is 8. The Morgan fingerprint density at radius 3 is 1.36 bits per heavy atom. The highest BCUT2D eigenvalue weighted by molar-refractivity contribution is 7.45. The van der Waals surface area contributed by atoms with Crippen molar-refractivity contribution in [2.45, 2.75) is 213 Å². The van der Waals surface area contributed by atoms with Crippen molar-refractivity contribution < 1.29 is 42.1 Å². The van der Waals surface area contributed by atoms with E-state index in [0.29, 0.717) is 17.4 Å². The summed E-state index contributed by atoms with van der Waals surface area (Å²) < 4.78 is 34.0. The van der Waals surface area contributed by atoms with Crippen LogP contribution in [0.4, 0.5) is 0 Å². The van der Waals surface area contributed by atoms with Gasteiger partial charge in [0.15, 0.2) is 6.10 Å². The molecule has 0 aliphatic rings. The van der Waals surface area contributed by atoms with E-state index in [1.807, 2.05) is 21.1 Å². The molecule has 0 aliphatic heterocycles. The number of phosphoric ester groups is 1. The van der Waals surface area contributed by atoms with E-state index in [9.17, 15) is 19.0 Å². The van der Waals surface area contributed by atoms with Crippen LogP contribution >= 0.6 is 7.82 Å². The molecule has 2 atom stereocenters. The predicted molar refractivity (Wildman–Crippen MR) is 268 cm³/mol. The van der Waals surface area contributed by atoms with Crippen molar-refractivity contribution in [3.63, 3.8) is 0 Å². The summed E-state index contributed by atoms with van der Waals surface area (Å²) in [4.78, 5) is 37.7. The molecule has 0 radical (unpaired) electrons. The molecule has 0 aromatic carbocycles. The molecule has 0 fully saturated rings. The van der Waals surface area contributed by atoms with Crippen LogP contribution in [0.15, 0.2) is 72.9 Å². The van der Waals surface area contributed by atoms with Gasteiger partial charge in [0, 0.05) is 12.8 Å². The van der Waals surface area contributed by atoms with Crippen LogP contribution in [0, 0.1) is 0 Å². The molecule has 0 aromatic rings. The Balaban J connectivity index is 4.31. The fourth-order valence-corrected chi connectivity index (χ4v) is 7.46. The Morgan fingerprint density at radius 2 is 0.891 bits per heavy atom. The lowest BCUT2D eigenvalue weighted by Gasteiger charge is -2.28. The first-order valence-corrected chi connectivity index (χ1v) is 27.1. The van der Waals surface area contributed by atoms with Gasteiger partial charge in [-0.2, -0.15) is 0 Å². The third-order valence-corrected chi connectivity index (χ3v) is 11.7. The van der Waals surface area contributed by atoms with E-state index >= 15 is 0 Å². The van der Waals surface area contributed by atoms with Gasteiger partial charge in [-0.25, -0.2) is 0 Å². The minimum absolute atomic E-state index is 0.0407. The zero-order chi connectivity index (χ0) is 47.1. The third-order valence-electron chi connectivity index (χ3n) is 10.7. The summed E-state index contributed by atoms with van der Waals surface area (Å²) in [7, 11) is 1.14. The number of nitrogens with zero attached hydrogens (tertiary/aromatic N) is 1. The molecule has 0 aliphatic carbocycles. The maximum Gasteiger partial charge on any atom is 0.306 e. The molecule has 10 heteroatoms. The van der Waals surface area contributed by atoms with E-state index in [1.165, 1.54) is 103 Å². The van der Waals surface area contributed by atoms with Crippen molar-refractivity contribution in [1.82, 2.24) is 0 Å². The average Bonchev–Trinajstić information content (AvgIpc) is 3.25. The summed E-state index contributed by atoms with van der Waals surface area (Å²) in [5.41, 5.74) is 0. The highest BCUT2D eigenvalue weighted by atomic mass is 31.2. The topological polar surface area (TPSA) is 111 Å². The summed E-state index contributed by atoms with van der Waals surface area (Å²) >= 11 is 0. The second-order valence-electron chi connectivity index (χ2n) is 18.1. The number of phosphoric acid groups is 1. The predicted octanol–water partition coefficient (Wildman–Crippen LogP) is 14.7. The summed E-state index contributed by atoms with van der Waals surface area (Å²) in [5, 5.41) is 0. The molecular weight excluding hydrogens is 822 g/mol. The second-order valence-corrected chi connectivity index (χ2v) is 19.6. The van der Waals surface area contributed by atoms with E-state index in [-0.39, 0.29) is 26.1 Å². The minimum atomic E-state index is -4.64. The van der Waals surface area contributed by atoms with Gasteiger partial charge in [0.2, 0.25) is 0 Å². The highest BCUT2D eigenvalue weighted by Crippen LogP contribution is 2.38. The number of unbranched alkanes of at least 4 members (excludes halogenated alkanes) is 20. The van der Waals surface area contributed by atoms with Crippen molar-refractivity contribution in [2.75, 3.05) is 47.5 Å². The van der Waals surface area contributed by atoms with Gasteiger partial charge in [-0.3, -0.25) is 14.2 Å². The molecule has 0 heterocycles. The third kappa shape index (κ3) is 48.9. The number of quaternary nitrogens is 1. The molecule has 370 valence electrons. The number of ether oxygens (including phenoxy) is 2. The van der Waals surface area contributed by atoms with Gasteiger partial charge >= 0.3 is 11.9 Å². The molecule has 0 bridgehead atoms. The normalized spacial score (nSPS) is 14.0. The average molecular weight is 918 g/mol. The lowest BCUT2D eigenvalue weighted by Crippen LogP contribution is -2.37. The van der Waals surface area contributed by atoms with E-state index in [0.717, 1.165) is 70.6 Å². The molecule has 64 heavy (non-hydrogen) atoms. The van der Waals surface area contributed by atoms with E-state index in [1.54, 1.807) is 0 Å².